The first-order valence-corrected chi connectivity index (χ1v) is 7.04. The molecule has 2 heterocycles. The van der Waals surface area contributed by atoms with Gasteiger partial charge in [0.15, 0.2) is 0 Å². The molecule has 0 aromatic carbocycles. The summed E-state index contributed by atoms with van der Waals surface area (Å²) in [6.45, 7) is 0. The molecule has 0 radical (unpaired) electrons. The second-order valence-electron chi connectivity index (χ2n) is 5.23. The Morgan fingerprint density at radius 2 is 2.06 bits per heavy atom. The van der Waals surface area contributed by atoms with Crippen molar-refractivity contribution in [3.63, 3.8) is 0 Å². The molecule has 96 valence electrons. The van der Waals surface area contributed by atoms with Crippen molar-refractivity contribution in [1.82, 2.24) is 9.38 Å². The number of rotatable bonds is 2. The fraction of sp³-hybridized carbons (Fsp3) is 0.500. The fourth-order valence-electron chi connectivity index (χ4n) is 2.90. The molecule has 1 fully saturated rings. The van der Waals surface area contributed by atoms with Crippen LogP contribution in [0, 0.1) is 5.92 Å². The van der Waals surface area contributed by atoms with Crippen LogP contribution in [0.4, 0.5) is 5.82 Å². The van der Waals surface area contributed by atoms with Crippen LogP contribution in [0.1, 0.15) is 37.8 Å². The maximum Gasteiger partial charge on any atom is 0.138 e. The van der Waals surface area contributed by atoms with Crippen LogP contribution >= 0.6 is 11.6 Å². The summed E-state index contributed by atoms with van der Waals surface area (Å²) in [6, 6.07) is 3.77. The summed E-state index contributed by atoms with van der Waals surface area (Å²) < 4.78 is 1.89. The number of anilines is 1. The number of hydrogen-bond donors (Lipinski definition) is 1. The topological polar surface area (TPSA) is 43.3 Å². The highest BCUT2D eigenvalue weighted by Gasteiger charge is 2.18. The van der Waals surface area contributed by atoms with Crippen molar-refractivity contribution in [3.8, 4) is 0 Å². The van der Waals surface area contributed by atoms with E-state index in [0.29, 0.717) is 5.02 Å². The van der Waals surface area contributed by atoms with Crippen molar-refractivity contribution in [1.29, 1.82) is 0 Å². The molecule has 18 heavy (non-hydrogen) atoms. The Balaban J connectivity index is 1.89. The molecule has 2 N–H and O–H groups in total. The molecule has 2 aromatic heterocycles. The van der Waals surface area contributed by atoms with Crippen molar-refractivity contribution < 1.29 is 0 Å². The van der Waals surface area contributed by atoms with E-state index in [0.717, 1.165) is 29.5 Å². The Kier molecular flexibility index (Phi) is 3.16. The van der Waals surface area contributed by atoms with Crippen molar-refractivity contribution in [2.75, 3.05) is 5.73 Å². The lowest BCUT2D eigenvalue weighted by Gasteiger charge is -2.20. The highest BCUT2D eigenvalue weighted by molar-refractivity contribution is 6.30. The van der Waals surface area contributed by atoms with E-state index in [-0.39, 0.29) is 0 Å². The highest BCUT2D eigenvalue weighted by atomic mass is 35.5. The van der Waals surface area contributed by atoms with Gasteiger partial charge >= 0.3 is 0 Å². The van der Waals surface area contributed by atoms with Gasteiger partial charge < -0.3 is 5.73 Å². The van der Waals surface area contributed by atoms with Gasteiger partial charge in [-0.1, -0.05) is 43.7 Å². The number of nitrogens with two attached hydrogens (primary N) is 1. The standard InChI is InChI=1S/C14H18ClN3/c15-11-6-7-13-17-12(14(16)18(13)9-11)8-10-4-2-1-3-5-10/h6-7,9-10H,1-5,8,16H2. The van der Waals surface area contributed by atoms with Gasteiger partial charge in [0.05, 0.1) is 10.7 Å². The zero-order valence-corrected chi connectivity index (χ0v) is 11.2. The summed E-state index contributed by atoms with van der Waals surface area (Å²) in [7, 11) is 0. The third kappa shape index (κ3) is 2.19. The number of nitrogens with zero attached hydrogens (tertiary/aromatic N) is 2. The van der Waals surface area contributed by atoms with E-state index in [1.807, 2.05) is 22.7 Å². The van der Waals surface area contributed by atoms with Crippen LogP contribution < -0.4 is 5.73 Å². The first kappa shape index (κ1) is 11.8. The van der Waals surface area contributed by atoms with Gasteiger partial charge in [0.25, 0.3) is 0 Å². The quantitative estimate of drug-likeness (QED) is 0.898. The number of fused-ring (bicyclic) bond motifs is 1. The minimum atomic E-state index is 0.691. The van der Waals surface area contributed by atoms with Gasteiger partial charge in [0.1, 0.15) is 11.5 Å². The van der Waals surface area contributed by atoms with Gasteiger partial charge in [-0.2, -0.15) is 0 Å². The van der Waals surface area contributed by atoms with Crippen LogP contribution in [-0.2, 0) is 6.42 Å². The lowest BCUT2D eigenvalue weighted by molar-refractivity contribution is 0.355. The Morgan fingerprint density at radius 3 is 2.83 bits per heavy atom. The van der Waals surface area contributed by atoms with Crippen LogP contribution in [0.25, 0.3) is 5.65 Å². The number of pyridine rings is 1. The molecule has 3 nitrogen and oxygen atoms in total. The van der Waals surface area contributed by atoms with Gasteiger partial charge in [-0.05, 0) is 24.5 Å². The normalized spacial score (nSPS) is 17.4. The largest absolute Gasteiger partial charge is 0.383 e. The molecule has 4 heteroatoms. The minimum Gasteiger partial charge on any atom is -0.383 e. The lowest BCUT2D eigenvalue weighted by atomic mass is 9.86. The fourth-order valence-corrected chi connectivity index (χ4v) is 3.06. The number of aromatic nitrogens is 2. The molecule has 0 spiro atoms. The molecule has 0 saturated heterocycles. The molecule has 2 aromatic rings. The first-order chi connectivity index (χ1) is 8.74. The summed E-state index contributed by atoms with van der Waals surface area (Å²) in [5, 5.41) is 0.691. The Morgan fingerprint density at radius 1 is 1.28 bits per heavy atom. The molecule has 0 aliphatic heterocycles. The Bertz CT molecular complexity index is 555. The predicted octanol–water partition coefficient (Wildman–Crippen LogP) is 3.69. The van der Waals surface area contributed by atoms with E-state index < -0.39 is 0 Å². The second kappa shape index (κ2) is 4.81. The monoisotopic (exact) mass is 263 g/mol. The van der Waals surface area contributed by atoms with Gasteiger partial charge in [0, 0.05) is 6.20 Å². The second-order valence-corrected chi connectivity index (χ2v) is 5.66. The van der Waals surface area contributed by atoms with Gasteiger partial charge in [0.2, 0.25) is 0 Å². The molecule has 0 bridgehead atoms. The summed E-state index contributed by atoms with van der Waals surface area (Å²) in [4.78, 5) is 4.63. The average molecular weight is 264 g/mol. The van der Waals surface area contributed by atoms with Crippen molar-refractivity contribution in [2.45, 2.75) is 38.5 Å². The first-order valence-electron chi connectivity index (χ1n) is 6.66. The van der Waals surface area contributed by atoms with E-state index in [9.17, 15) is 0 Å². The number of nitrogen functional groups attached to an aromatic ring is 1. The molecule has 0 unspecified atom stereocenters. The SMILES string of the molecule is Nc1c(CC2CCCCC2)nc2ccc(Cl)cn12. The average Bonchev–Trinajstić information content (AvgIpc) is 2.68. The molecule has 0 amide bonds. The zero-order valence-electron chi connectivity index (χ0n) is 10.4. The minimum absolute atomic E-state index is 0.691. The van der Waals surface area contributed by atoms with E-state index in [4.69, 9.17) is 17.3 Å². The van der Waals surface area contributed by atoms with Crippen LogP contribution in [0.3, 0.4) is 0 Å². The van der Waals surface area contributed by atoms with Crippen LogP contribution in [0.2, 0.25) is 5.02 Å². The summed E-state index contributed by atoms with van der Waals surface area (Å²) >= 11 is 5.99. The summed E-state index contributed by atoms with van der Waals surface area (Å²) in [5.41, 5.74) is 8.09. The number of hydrogen-bond acceptors (Lipinski definition) is 2. The van der Waals surface area contributed by atoms with E-state index >= 15 is 0 Å². The maximum atomic E-state index is 6.17. The van der Waals surface area contributed by atoms with Crippen LogP contribution in [0.15, 0.2) is 18.3 Å². The van der Waals surface area contributed by atoms with Crippen LogP contribution in [0.5, 0.6) is 0 Å². The van der Waals surface area contributed by atoms with Crippen molar-refractivity contribution >= 4 is 23.1 Å². The summed E-state index contributed by atoms with van der Waals surface area (Å²) in [5.74, 6) is 1.50. The number of imidazole rings is 1. The maximum absolute atomic E-state index is 6.17. The molecule has 1 aliphatic rings. The highest BCUT2D eigenvalue weighted by Crippen LogP contribution is 2.29. The molecule has 1 aliphatic carbocycles. The summed E-state index contributed by atoms with van der Waals surface area (Å²) in [6.07, 6.45) is 9.55. The Hall–Kier alpha value is -1.22. The third-order valence-electron chi connectivity index (χ3n) is 3.90. The lowest BCUT2D eigenvalue weighted by Crippen LogP contribution is -2.10. The molecule has 3 rings (SSSR count). The van der Waals surface area contributed by atoms with Crippen LogP contribution in [-0.4, -0.2) is 9.38 Å². The third-order valence-corrected chi connectivity index (χ3v) is 4.13. The molecule has 1 saturated carbocycles. The van der Waals surface area contributed by atoms with Gasteiger partial charge in [-0.3, -0.25) is 4.40 Å². The zero-order chi connectivity index (χ0) is 12.5. The predicted molar refractivity (Wildman–Crippen MR) is 74.9 cm³/mol. The van der Waals surface area contributed by atoms with E-state index in [1.54, 1.807) is 0 Å². The Labute approximate surface area is 112 Å². The van der Waals surface area contributed by atoms with Gasteiger partial charge in [-0.15, -0.1) is 0 Å². The van der Waals surface area contributed by atoms with Crippen molar-refractivity contribution in [2.24, 2.45) is 5.92 Å². The van der Waals surface area contributed by atoms with Crippen molar-refractivity contribution in [3.05, 3.63) is 29.0 Å². The smallest absolute Gasteiger partial charge is 0.138 e. The van der Waals surface area contributed by atoms with Gasteiger partial charge in [-0.25, -0.2) is 4.98 Å². The van der Waals surface area contributed by atoms with E-state index in [2.05, 4.69) is 4.98 Å². The molecular formula is C14H18ClN3. The molecular weight excluding hydrogens is 246 g/mol. The number of halogens is 1. The van der Waals surface area contributed by atoms with E-state index in [1.165, 1.54) is 32.1 Å². The molecule has 0 atom stereocenters.